The van der Waals surface area contributed by atoms with Crippen molar-refractivity contribution >= 4 is 39.4 Å². The van der Waals surface area contributed by atoms with Gasteiger partial charge in [-0.15, -0.1) is 0 Å². The molecule has 0 aliphatic heterocycles. The fraction of sp³-hybridized carbons (Fsp3) is 0.750. The van der Waals surface area contributed by atoms with Crippen molar-refractivity contribution in [2.24, 2.45) is 5.73 Å². The molecule has 1 amide bonds. The van der Waals surface area contributed by atoms with Crippen LogP contribution in [-0.2, 0) is 14.4 Å². The number of rotatable bonds is 12. The summed E-state index contributed by atoms with van der Waals surface area (Å²) < 4.78 is 0. The zero-order chi connectivity index (χ0) is 16.3. The molecule has 0 radical (unpaired) electrons. The zero-order valence-electron chi connectivity index (χ0n) is 11.9. The van der Waals surface area contributed by atoms with Crippen LogP contribution in [0.1, 0.15) is 32.6 Å². The minimum atomic E-state index is -1.10. The van der Waals surface area contributed by atoms with Crippen molar-refractivity contribution in [3.8, 4) is 0 Å². The Kier molecular flexibility index (Phi) is 11.2. The van der Waals surface area contributed by atoms with Crippen molar-refractivity contribution in [2.45, 2.75) is 44.7 Å². The molecule has 0 aromatic carbocycles. The van der Waals surface area contributed by atoms with Crippen LogP contribution in [0.4, 0.5) is 0 Å². The van der Waals surface area contributed by atoms with Crippen LogP contribution in [-0.4, -0.2) is 51.6 Å². The molecule has 0 aliphatic rings. The maximum Gasteiger partial charge on any atom is 0.327 e. The standard InChI is InChI=1S/C12H22N2O5S2/c1-2-3-4-5-10(15)14-9(12(18)19)7-21-20-6-8(13)11(16)17/h8-9H,2-7,13H2,1H3,(H,14,15)(H,16,17)(H,18,19). The smallest absolute Gasteiger partial charge is 0.327 e. The average molecular weight is 338 g/mol. The third-order valence-electron chi connectivity index (χ3n) is 2.52. The number of carbonyl (C=O) groups excluding carboxylic acids is 1. The van der Waals surface area contributed by atoms with Gasteiger partial charge in [0, 0.05) is 17.9 Å². The van der Waals surface area contributed by atoms with Crippen LogP contribution < -0.4 is 11.1 Å². The van der Waals surface area contributed by atoms with E-state index in [1.807, 2.05) is 6.92 Å². The van der Waals surface area contributed by atoms with Crippen molar-refractivity contribution < 1.29 is 24.6 Å². The molecule has 0 saturated carbocycles. The van der Waals surface area contributed by atoms with E-state index in [2.05, 4.69) is 5.32 Å². The molecule has 0 aromatic rings. The number of carbonyl (C=O) groups is 3. The highest BCUT2D eigenvalue weighted by molar-refractivity contribution is 8.76. The Morgan fingerprint density at radius 2 is 1.71 bits per heavy atom. The largest absolute Gasteiger partial charge is 0.480 e. The Hall–Kier alpha value is -0.930. The number of hydrogen-bond acceptors (Lipinski definition) is 6. The lowest BCUT2D eigenvalue weighted by atomic mass is 10.2. The first-order valence-electron chi connectivity index (χ1n) is 6.63. The van der Waals surface area contributed by atoms with Gasteiger partial charge >= 0.3 is 11.9 Å². The van der Waals surface area contributed by atoms with Gasteiger partial charge < -0.3 is 21.3 Å². The van der Waals surface area contributed by atoms with E-state index in [-0.39, 0.29) is 17.4 Å². The zero-order valence-corrected chi connectivity index (χ0v) is 13.5. The number of unbranched alkanes of at least 4 members (excludes halogenated alkanes) is 2. The second-order valence-corrected chi connectivity index (χ2v) is 6.98. The van der Waals surface area contributed by atoms with E-state index in [0.717, 1.165) is 19.3 Å². The molecule has 2 unspecified atom stereocenters. The van der Waals surface area contributed by atoms with Crippen LogP contribution in [0.2, 0.25) is 0 Å². The minimum absolute atomic E-state index is 0.159. The first-order valence-corrected chi connectivity index (χ1v) is 9.12. The number of hydrogen-bond donors (Lipinski definition) is 4. The van der Waals surface area contributed by atoms with Gasteiger partial charge in [0.2, 0.25) is 5.91 Å². The molecule has 5 N–H and O–H groups in total. The Labute approximate surface area is 131 Å². The molecule has 9 heteroatoms. The molecule has 0 fully saturated rings. The van der Waals surface area contributed by atoms with Crippen LogP contribution in [0.3, 0.4) is 0 Å². The first kappa shape index (κ1) is 20.1. The van der Waals surface area contributed by atoms with E-state index in [4.69, 9.17) is 15.9 Å². The Bertz CT molecular complexity index is 355. The van der Waals surface area contributed by atoms with Crippen LogP contribution in [0.5, 0.6) is 0 Å². The fourth-order valence-corrected chi connectivity index (χ4v) is 3.55. The number of nitrogens with two attached hydrogens (primary N) is 1. The second-order valence-electron chi connectivity index (χ2n) is 4.43. The lowest BCUT2D eigenvalue weighted by Gasteiger charge is -2.14. The lowest BCUT2D eigenvalue weighted by Crippen LogP contribution is -2.42. The summed E-state index contributed by atoms with van der Waals surface area (Å²) in [6, 6.07) is -1.95. The van der Waals surface area contributed by atoms with Gasteiger partial charge in [-0.3, -0.25) is 9.59 Å². The average Bonchev–Trinajstić information content (AvgIpc) is 2.41. The number of aliphatic carboxylic acids is 2. The summed E-state index contributed by atoms with van der Waals surface area (Å²) in [4.78, 5) is 33.1. The molecule has 7 nitrogen and oxygen atoms in total. The van der Waals surface area contributed by atoms with E-state index in [9.17, 15) is 14.4 Å². The van der Waals surface area contributed by atoms with Gasteiger partial charge in [0.25, 0.3) is 0 Å². The quantitative estimate of drug-likeness (QED) is 0.305. The Morgan fingerprint density at radius 3 is 2.24 bits per heavy atom. The molecule has 0 heterocycles. The highest BCUT2D eigenvalue weighted by atomic mass is 33.1. The van der Waals surface area contributed by atoms with E-state index >= 15 is 0 Å². The summed E-state index contributed by atoms with van der Waals surface area (Å²) in [6.45, 7) is 2.02. The maximum absolute atomic E-state index is 11.6. The molecule has 2 atom stereocenters. The summed E-state index contributed by atoms with van der Waals surface area (Å²) >= 11 is 0. The summed E-state index contributed by atoms with van der Waals surface area (Å²) in [6.07, 6.45) is 2.98. The van der Waals surface area contributed by atoms with Crippen LogP contribution in [0.15, 0.2) is 0 Å². The second kappa shape index (κ2) is 11.7. The first-order chi connectivity index (χ1) is 9.88. The number of nitrogens with one attached hydrogen (secondary N) is 1. The molecule has 0 bridgehead atoms. The van der Waals surface area contributed by atoms with Gasteiger partial charge in [0.1, 0.15) is 12.1 Å². The van der Waals surface area contributed by atoms with Crippen LogP contribution in [0.25, 0.3) is 0 Å². The maximum atomic E-state index is 11.6. The van der Waals surface area contributed by atoms with Gasteiger partial charge in [0.05, 0.1) is 0 Å². The molecule has 122 valence electrons. The monoisotopic (exact) mass is 338 g/mol. The molecule has 0 rings (SSSR count). The fourth-order valence-electron chi connectivity index (χ4n) is 1.29. The van der Waals surface area contributed by atoms with E-state index in [0.29, 0.717) is 6.42 Å². The third-order valence-corrected chi connectivity index (χ3v) is 4.97. The number of carboxylic acids is 2. The van der Waals surface area contributed by atoms with Crippen molar-refractivity contribution in [3.05, 3.63) is 0 Å². The van der Waals surface area contributed by atoms with E-state index in [1.54, 1.807) is 0 Å². The van der Waals surface area contributed by atoms with E-state index < -0.39 is 24.0 Å². The summed E-state index contributed by atoms with van der Waals surface area (Å²) in [5.74, 6) is -2.14. The predicted octanol–water partition coefficient (Wildman–Crippen LogP) is 0.929. The highest BCUT2D eigenvalue weighted by Gasteiger charge is 2.20. The minimum Gasteiger partial charge on any atom is -0.480 e. The SMILES string of the molecule is CCCCCC(=O)NC(CSSCC(N)C(=O)O)C(=O)O. The number of carboxylic acid groups (broad SMARTS) is 2. The van der Waals surface area contributed by atoms with Crippen molar-refractivity contribution in [2.75, 3.05) is 11.5 Å². The van der Waals surface area contributed by atoms with Crippen molar-refractivity contribution in [1.82, 2.24) is 5.32 Å². The summed E-state index contributed by atoms with van der Waals surface area (Å²) in [5.41, 5.74) is 5.32. The van der Waals surface area contributed by atoms with Crippen molar-refractivity contribution in [3.63, 3.8) is 0 Å². The van der Waals surface area contributed by atoms with Crippen LogP contribution in [0, 0.1) is 0 Å². The highest BCUT2D eigenvalue weighted by Crippen LogP contribution is 2.22. The molecular formula is C12H22N2O5S2. The lowest BCUT2D eigenvalue weighted by molar-refractivity contribution is -0.141. The summed E-state index contributed by atoms with van der Waals surface area (Å²) in [5, 5.41) is 20.1. The van der Waals surface area contributed by atoms with Gasteiger partial charge in [-0.2, -0.15) is 0 Å². The molecule has 0 spiro atoms. The van der Waals surface area contributed by atoms with Gasteiger partial charge in [-0.25, -0.2) is 4.79 Å². The van der Waals surface area contributed by atoms with E-state index in [1.165, 1.54) is 21.6 Å². The van der Waals surface area contributed by atoms with Gasteiger partial charge in [-0.05, 0) is 6.42 Å². The summed E-state index contributed by atoms with van der Waals surface area (Å²) in [7, 11) is 2.36. The Balaban J connectivity index is 4.00. The van der Waals surface area contributed by atoms with Crippen molar-refractivity contribution in [1.29, 1.82) is 0 Å². The molecule has 0 saturated heterocycles. The van der Waals surface area contributed by atoms with Gasteiger partial charge in [-0.1, -0.05) is 41.4 Å². The Morgan fingerprint density at radius 1 is 1.10 bits per heavy atom. The molecular weight excluding hydrogens is 316 g/mol. The van der Waals surface area contributed by atoms with Crippen LogP contribution >= 0.6 is 21.6 Å². The molecule has 0 aliphatic carbocycles. The molecule has 21 heavy (non-hydrogen) atoms. The molecule has 0 aromatic heterocycles. The number of amides is 1. The predicted molar refractivity (Wildman–Crippen MR) is 84.2 cm³/mol. The van der Waals surface area contributed by atoms with Gasteiger partial charge in [0.15, 0.2) is 0 Å². The third kappa shape index (κ3) is 10.4. The topological polar surface area (TPSA) is 130 Å². The normalized spacial score (nSPS) is 13.4.